The molecule has 1 aromatic rings. The molecule has 0 amide bonds. The van der Waals surface area contributed by atoms with Gasteiger partial charge in [-0.2, -0.15) is 0 Å². The Hall–Kier alpha value is -0.580. The molecule has 16 heavy (non-hydrogen) atoms. The van der Waals surface area contributed by atoms with E-state index in [1.54, 1.807) is 25.3 Å². The van der Waals surface area contributed by atoms with Crippen LogP contribution in [0.5, 0.6) is 5.75 Å². The van der Waals surface area contributed by atoms with E-state index in [-0.39, 0.29) is 5.25 Å². The quantitative estimate of drug-likeness (QED) is 0.881. The highest BCUT2D eigenvalue weighted by Crippen LogP contribution is 2.24. The molecule has 0 saturated heterocycles. The summed E-state index contributed by atoms with van der Waals surface area (Å²) < 4.78 is 17.0. The first-order valence-electron chi connectivity index (χ1n) is 4.98. The van der Waals surface area contributed by atoms with E-state index in [4.69, 9.17) is 22.1 Å². The fourth-order valence-electron chi connectivity index (χ4n) is 1.26. The van der Waals surface area contributed by atoms with Crippen molar-refractivity contribution in [3.05, 3.63) is 28.8 Å². The third kappa shape index (κ3) is 3.47. The van der Waals surface area contributed by atoms with Crippen LogP contribution in [0.2, 0.25) is 5.02 Å². The first kappa shape index (κ1) is 13.5. The Balaban J connectivity index is 2.87. The Bertz CT molecular complexity index is 384. The van der Waals surface area contributed by atoms with Crippen LogP contribution >= 0.6 is 11.6 Å². The summed E-state index contributed by atoms with van der Waals surface area (Å²) >= 11 is 5.89. The van der Waals surface area contributed by atoms with Crippen molar-refractivity contribution >= 4 is 22.4 Å². The molecule has 0 aliphatic heterocycles. The maximum Gasteiger partial charge on any atom is 0.123 e. The number of nitrogens with two attached hydrogens (primary N) is 1. The molecule has 0 saturated carbocycles. The molecule has 0 bridgehead atoms. The lowest BCUT2D eigenvalue weighted by Gasteiger charge is -2.11. The van der Waals surface area contributed by atoms with Gasteiger partial charge in [-0.3, -0.25) is 4.21 Å². The molecular weight excluding hydrogens is 246 g/mol. The molecule has 90 valence electrons. The predicted molar refractivity (Wildman–Crippen MR) is 68.4 cm³/mol. The molecule has 0 spiro atoms. The standard InChI is InChI=1S/C11H16ClNO2S/c1-8(6-13)16(14)7-9-5-10(12)3-4-11(9)15-2/h3-5,8H,6-7,13H2,1-2H3. The van der Waals surface area contributed by atoms with Crippen molar-refractivity contribution in [2.45, 2.75) is 17.9 Å². The van der Waals surface area contributed by atoms with Crippen molar-refractivity contribution in [2.24, 2.45) is 5.73 Å². The van der Waals surface area contributed by atoms with Gasteiger partial charge >= 0.3 is 0 Å². The lowest BCUT2D eigenvalue weighted by Crippen LogP contribution is -2.22. The van der Waals surface area contributed by atoms with Gasteiger partial charge in [-0.1, -0.05) is 11.6 Å². The van der Waals surface area contributed by atoms with Gasteiger partial charge in [-0.05, 0) is 25.1 Å². The maximum absolute atomic E-state index is 11.9. The Morgan fingerprint density at radius 1 is 1.56 bits per heavy atom. The molecule has 1 rings (SSSR count). The summed E-state index contributed by atoms with van der Waals surface area (Å²) in [4.78, 5) is 0. The molecule has 5 heteroatoms. The minimum atomic E-state index is -1.000. The molecule has 0 aliphatic rings. The van der Waals surface area contributed by atoms with Crippen LogP contribution in [-0.4, -0.2) is 23.1 Å². The van der Waals surface area contributed by atoms with Crippen molar-refractivity contribution in [3.8, 4) is 5.75 Å². The van der Waals surface area contributed by atoms with Gasteiger partial charge in [-0.25, -0.2) is 0 Å². The van der Waals surface area contributed by atoms with Crippen LogP contribution in [0.15, 0.2) is 18.2 Å². The van der Waals surface area contributed by atoms with Crippen LogP contribution in [0, 0.1) is 0 Å². The van der Waals surface area contributed by atoms with E-state index in [1.165, 1.54) is 0 Å². The number of methoxy groups -OCH3 is 1. The molecule has 2 unspecified atom stereocenters. The smallest absolute Gasteiger partial charge is 0.123 e. The van der Waals surface area contributed by atoms with Crippen LogP contribution in [0.25, 0.3) is 0 Å². The number of hydrogen-bond donors (Lipinski definition) is 1. The number of ether oxygens (including phenoxy) is 1. The summed E-state index contributed by atoms with van der Waals surface area (Å²) in [6.45, 7) is 2.28. The summed E-state index contributed by atoms with van der Waals surface area (Å²) in [6.07, 6.45) is 0. The zero-order valence-corrected chi connectivity index (χ0v) is 11.0. The van der Waals surface area contributed by atoms with Crippen molar-refractivity contribution in [1.29, 1.82) is 0 Å². The predicted octanol–water partition coefficient (Wildman–Crippen LogP) is 1.94. The second-order valence-corrected chi connectivity index (χ2v) is 5.82. The van der Waals surface area contributed by atoms with E-state index in [0.29, 0.717) is 23.1 Å². The van der Waals surface area contributed by atoms with E-state index in [9.17, 15) is 4.21 Å². The molecule has 3 nitrogen and oxygen atoms in total. The van der Waals surface area contributed by atoms with Crippen LogP contribution in [0.1, 0.15) is 12.5 Å². The first-order valence-corrected chi connectivity index (χ1v) is 6.74. The third-order valence-corrected chi connectivity index (χ3v) is 4.24. The molecule has 0 fully saturated rings. The SMILES string of the molecule is COc1ccc(Cl)cc1CS(=O)C(C)CN. The maximum atomic E-state index is 11.9. The van der Waals surface area contributed by atoms with Gasteiger partial charge < -0.3 is 10.5 Å². The largest absolute Gasteiger partial charge is 0.496 e. The summed E-state index contributed by atoms with van der Waals surface area (Å²) in [5, 5.41) is 0.594. The number of rotatable bonds is 5. The molecular formula is C11H16ClNO2S. The number of benzene rings is 1. The van der Waals surface area contributed by atoms with Crippen molar-refractivity contribution < 1.29 is 8.95 Å². The van der Waals surface area contributed by atoms with Crippen LogP contribution in [0.3, 0.4) is 0 Å². The monoisotopic (exact) mass is 261 g/mol. The summed E-state index contributed by atoms with van der Waals surface area (Å²) in [5.74, 6) is 1.13. The fourth-order valence-corrected chi connectivity index (χ4v) is 2.49. The van der Waals surface area contributed by atoms with E-state index < -0.39 is 10.8 Å². The zero-order valence-electron chi connectivity index (χ0n) is 9.40. The average Bonchev–Trinajstić information content (AvgIpc) is 2.28. The molecule has 0 aromatic heterocycles. The number of hydrogen-bond acceptors (Lipinski definition) is 3. The van der Waals surface area contributed by atoms with Crippen LogP contribution < -0.4 is 10.5 Å². The lowest BCUT2D eigenvalue weighted by atomic mass is 10.2. The van der Waals surface area contributed by atoms with Gasteiger partial charge in [0.15, 0.2) is 0 Å². The second-order valence-electron chi connectivity index (χ2n) is 3.53. The minimum Gasteiger partial charge on any atom is -0.496 e. The van der Waals surface area contributed by atoms with Gasteiger partial charge in [0.1, 0.15) is 5.75 Å². The highest BCUT2D eigenvalue weighted by molar-refractivity contribution is 7.84. The average molecular weight is 262 g/mol. The van der Waals surface area contributed by atoms with Crippen LogP contribution in [0.4, 0.5) is 0 Å². The van der Waals surface area contributed by atoms with Gasteiger partial charge in [0.05, 0.1) is 12.9 Å². The molecule has 2 N–H and O–H groups in total. The van der Waals surface area contributed by atoms with Gasteiger partial charge in [-0.15, -0.1) is 0 Å². The molecule has 0 heterocycles. The van der Waals surface area contributed by atoms with Crippen molar-refractivity contribution in [2.75, 3.05) is 13.7 Å². The lowest BCUT2D eigenvalue weighted by molar-refractivity contribution is 0.411. The summed E-state index contributed by atoms with van der Waals surface area (Å²) in [6, 6.07) is 5.31. The zero-order chi connectivity index (χ0) is 12.1. The van der Waals surface area contributed by atoms with Crippen molar-refractivity contribution in [1.82, 2.24) is 0 Å². The van der Waals surface area contributed by atoms with E-state index >= 15 is 0 Å². The molecule has 0 aliphatic carbocycles. The van der Waals surface area contributed by atoms with Crippen LogP contribution in [-0.2, 0) is 16.6 Å². The molecule has 2 atom stereocenters. The first-order chi connectivity index (χ1) is 7.58. The highest BCUT2D eigenvalue weighted by atomic mass is 35.5. The highest BCUT2D eigenvalue weighted by Gasteiger charge is 2.13. The van der Waals surface area contributed by atoms with E-state index in [0.717, 1.165) is 5.56 Å². The van der Waals surface area contributed by atoms with Gasteiger partial charge in [0.2, 0.25) is 0 Å². The Kier molecular flexibility index (Phi) is 5.25. The van der Waals surface area contributed by atoms with E-state index in [1.807, 2.05) is 6.92 Å². The Morgan fingerprint density at radius 2 is 2.25 bits per heavy atom. The molecule has 0 radical (unpaired) electrons. The fraction of sp³-hybridized carbons (Fsp3) is 0.455. The van der Waals surface area contributed by atoms with Gasteiger partial charge in [0, 0.05) is 33.2 Å². The van der Waals surface area contributed by atoms with Gasteiger partial charge in [0.25, 0.3) is 0 Å². The Morgan fingerprint density at radius 3 is 2.81 bits per heavy atom. The summed E-state index contributed by atoms with van der Waals surface area (Å²) in [7, 11) is 0.586. The van der Waals surface area contributed by atoms with E-state index in [2.05, 4.69) is 0 Å². The topological polar surface area (TPSA) is 52.3 Å². The third-order valence-electron chi connectivity index (χ3n) is 2.32. The molecule has 1 aromatic carbocycles. The second kappa shape index (κ2) is 6.23. The number of halogens is 1. The normalized spacial score (nSPS) is 14.5. The summed E-state index contributed by atoms with van der Waals surface area (Å²) in [5.41, 5.74) is 6.33. The minimum absolute atomic E-state index is 0.0244. The Labute approximate surface area is 103 Å². The van der Waals surface area contributed by atoms with Crippen molar-refractivity contribution in [3.63, 3.8) is 0 Å².